The molecule has 12 heteroatoms. The Hall–Kier alpha value is -2.34. The third-order valence-electron chi connectivity index (χ3n) is 5.62. The van der Waals surface area contributed by atoms with Crippen molar-refractivity contribution in [2.45, 2.75) is 37.1 Å². The first kappa shape index (κ1) is 27.3. The van der Waals surface area contributed by atoms with Gasteiger partial charge in [0.2, 0.25) is 26.0 Å². The molecule has 3 rings (SSSR count). The minimum absolute atomic E-state index is 0.122. The Bertz CT molecular complexity index is 1210. The van der Waals surface area contributed by atoms with E-state index in [4.69, 9.17) is 16.3 Å². The number of halogens is 1. The largest absolute Gasteiger partial charge is 0.492 e. The Labute approximate surface area is 212 Å². The van der Waals surface area contributed by atoms with Crippen LogP contribution in [0.4, 0.5) is 5.69 Å². The number of sulfonamides is 2. The Morgan fingerprint density at radius 3 is 2.20 bits per heavy atom. The number of rotatable bonds is 10. The first-order valence-corrected chi connectivity index (χ1v) is 14.9. The van der Waals surface area contributed by atoms with Crippen molar-refractivity contribution in [1.82, 2.24) is 9.62 Å². The number of carbonyl (C=O) groups is 1. The van der Waals surface area contributed by atoms with E-state index < -0.39 is 32.0 Å². The van der Waals surface area contributed by atoms with E-state index in [0.717, 1.165) is 29.8 Å². The fourth-order valence-electron chi connectivity index (χ4n) is 3.85. The average molecular weight is 544 g/mol. The highest BCUT2D eigenvalue weighted by molar-refractivity contribution is 7.92. The molecule has 1 fully saturated rings. The highest BCUT2D eigenvalue weighted by atomic mass is 35.5. The van der Waals surface area contributed by atoms with Gasteiger partial charge in [0.25, 0.3) is 0 Å². The van der Waals surface area contributed by atoms with Gasteiger partial charge >= 0.3 is 0 Å². The number of anilines is 1. The van der Waals surface area contributed by atoms with E-state index in [2.05, 4.69) is 5.32 Å². The molecule has 1 saturated heterocycles. The smallest absolute Gasteiger partial charge is 0.243 e. The minimum Gasteiger partial charge on any atom is -0.492 e. The van der Waals surface area contributed by atoms with Gasteiger partial charge in [-0.2, -0.15) is 4.31 Å². The standard InChI is InChI=1S/C23H30ClN3O6S2/c1-18(27(34(2,29)30)20-8-6-19(24)7-9-20)23(28)25-14-17-33-21-10-12-22(13-11-21)35(31,32)26-15-4-3-5-16-26/h6-13,18H,3-5,14-17H2,1-2H3,(H,25,28)/t18-/m1/s1. The lowest BCUT2D eigenvalue weighted by Crippen LogP contribution is -2.48. The van der Waals surface area contributed by atoms with Crippen molar-refractivity contribution in [2.24, 2.45) is 0 Å². The molecule has 2 aromatic rings. The summed E-state index contributed by atoms with van der Waals surface area (Å²) in [4.78, 5) is 12.8. The summed E-state index contributed by atoms with van der Waals surface area (Å²) in [7, 11) is -7.24. The number of amides is 1. The Morgan fingerprint density at radius 1 is 1.03 bits per heavy atom. The zero-order chi connectivity index (χ0) is 25.6. The summed E-state index contributed by atoms with van der Waals surface area (Å²) < 4.78 is 58.2. The van der Waals surface area contributed by atoms with Gasteiger partial charge in [0.05, 0.1) is 23.4 Å². The summed E-state index contributed by atoms with van der Waals surface area (Å²) in [6.07, 6.45) is 3.81. The summed E-state index contributed by atoms with van der Waals surface area (Å²) in [5, 5.41) is 3.12. The molecule has 0 aliphatic carbocycles. The van der Waals surface area contributed by atoms with E-state index in [9.17, 15) is 21.6 Å². The maximum Gasteiger partial charge on any atom is 0.243 e. The van der Waals surface area contributed by atoms with Crippen molar-refractivity contribution in [1.29, 1.82) is 0 Å². The zero-order valence-electron chi connectivity index (χ0n) is 19.7. The van der Waals surface area contributed by atoms with Crippen molar-refractivity contribution >= 4 is 43.2 Å². The van der Waals surface area contributed by atoms with Gasteiger partial charge in [0.15, 0.2) is 0 Å². The van der Waals surface area contributed by atoms with Gasteiger partial charge in [-0.05, 0) is 68.3 Å². The lowest BCUT2D eigenvalue weighted by atomic mass is 10.2. The monoisotopic (exact) mass is 543 g/mol. The van der Waals surface area contributed by atoms with Crippen LogP contribution in [0.2, 0.25) is 5.02 Å². The fourth-order valence-corrected chi connectivity index (χ4v) is 6.67. The predicted octanol–water partition coefficient (Wildman–Crippen LogP) is 2.86. The molecule has 1 N–H and O–H groups in total. The van der Waals surface area contributed by atoms with E-state index in [-0.39, 0.29) is 18.0 Å². The van der Waals surface area contributed by atoms with Crippen LogP contribution in [-0.4, -0.2) is 65.6 Å². The molecule has 0 radical (unpaired) electrons. The highest BCUT2D eigenvalue weighted by Crippen LogP contribution is 2.24. The van der Waals surface area contributed by atoms with Gasteiger partial charge in [-0.1, -0.05) is 18.0 Å². The topological polar surface area (TPSA) is 113 Å². The van der Waals surface area contributed by atoms with E-state index >= 15 is 0 Å². The number of hydrogen-bond donors (Lipinski definition) is 1. The first-order valence-electron chi connectivity index (χ1n) is 11.3. The first-order chi connectivity index (χ1) is 16.5. The highest BCUT2D eigenvalue weighted by Gasteiger charge is 2.29. The second-order valence-electron chi connectivity index (χ2n) is 8.29. The Kier molecular flexibility index (Phi) is 9.03. The van der Waals surface area contributed by atoms with Crippen LogP contribution in [0.25, 0.3) is 0 Å². The number of nitrogens with zero attached hydrogens (tertiary/aromatic N) is 2. The number of carbonyl (C=O) groups excluding carboxylic acids is 1. The van der Waals surface area contributed by atoms with Crippen LogP contribution < -0.4 is 14.4 Å². The molecule has 192 valence electrons. The molecule has 0 bridgehead atoms. The van der Waals surface area contributed by atoms with Crippen LogP contribution in [0.3, 0.4) is 0 Å². The number of piperidine rings is 1. The predicted molar refractivity (Wildman–Crippen MR) is 136 cm³/mol. The van der Waals surface area contributed by atoms with Crippen molar-refractivity contribution in [3.63, 3.8) is 0 Å². The average Bonchev–Trinajstić information content (AvgIpc) is 2.83. The zero-order valence-corrected chi connectivity index (χ0v) is 22.1. The summed E-state index contributed by atoms with van der Waals surface area (Å²) >= 11 is 5.88. The van der Waals surface area contributed by atoms with E-state index in [0.29, 0.717) is 29.5 Å². The van der Waals surface area contributed by atoms with Crippen molar-refractivity contribution in [3.05, 3.63) is 53.6 Å². The molecule has 35 heavy (non-hydrogen) atoms. The normalized spacial score (nSPS) is 15.9. The molecule has 1 aliphatic heterocycles. The SMILES string of the molecule is C[C@H](C(=O)NCCOc1ccc(S(=O)(=O)N2CCCCC2)cc1)N(c1ccc(Cl)cc1)S(C)(=O)=O. The van der Waals surface area contributed by atoms with Crippen molar-refractivity contribution in [3.8, 4) is 5.75 Å². The second kappa shape index (κ2) is 11.6. The molecular formula is C23H30ClN3O6S2. The van der Waals surface area contributed by atoms with E-state index in [1.54, 1.807) is 24.3 Å². The van der Waals surface area contributed by atoms with Gasteiger partial charge in [0, 0.05) is 18.1 Å². The lowest BCUT2D eigenvalue weighted by Gasteiger charge is -2.28. The second-order valence-corrected chi connectivity index (χ2v) is 12.5. The van der Waals surface area contributed by atoms with Gasteiger partial charge < -0.3 is 10.1 Å². The van der Waals surface area contributed by atoms with Gasteiger partial charge in [-0.15, -0.1) is 0 Å². The molecule has 9 nitrogen and oxygen atoms in total. The van der Waals surface area contributed by atoms with Crippen LogP contribution >= 0.6 is 11.6 Å². The summed E-state index contributed by atoms with van der Waals surface area (Å²) in [6, 6.07) is 11.3. The third kappa shape index (κ3) is 7.09. The molecule has 0 saturated carbocycles. The summed E-state index contributed by atoms with van der Waals surface area (Å²) in [5.41, 5.74) is 0.329. The lowest BCUT2D eigenvalue weighted by molar-refractivity contribution is -0.121. The van der Waals surface area contributed by atoms with Gasteiger partial charge in [0.1, 0.15) is 18.4 Å². The molecule has 0 unspecified atom stereocenters. The number of nitrogens with one attached hydrogen (secondary N) is 1. The fraction of sp³-hybridized carbons (Fsp3) is 0.435. The van der Waals surface area contributed by atoms with Crippen LogP contribution in [0.15, 0.2) is 53.4 Å². The molecule has 0 spiro atoms. The van der Waals surface area contributed by atoms with Gasteiger partial charge in [-0.3, -0.25) is 9.10 Å². The van der Waals surface area contributed by atoms with Crippen molar-refractivity contribution in [2.75, 3.05) is 36.8 Å². The maximum atomic E-state index is 12.7. The number of benzene rings is 2. The molecule has 0 aromatic heterocycles. The number of hydrogen-bond acceptors (Lipinski definition) is 6. The number of ether oxygens (including phenoxy) is 1. The maximum absolute atomic E-state index is 12.7. The molecule has 1 amide bonds. The summed E-state index contributed by atoms with van der Waals surface area (Å²) in [6.45, 7) is 2.82. The van der Waals surface area contributed by atoms with Gasteiger partial charge in [-0.25, -0.2) is 16.8 Å². The molecule has 2 aromatic carbocycles. The molecular weight excluding hydrogens is 514 g/mol. The van der Waals surface area contributed by atoms with Crippen LogP contribution in [0.1, 0.15) is 26.2 Å². The third-order valence-corrected chi connectivity index (χ3v) is 9.02. The Balaban J connectivity index is 1.53. The van der Waals surface area contributed by atoms with Crippen molar-refractivity contribution < 1.29 is 26.4 Å². The van der Waals surface area contributed by atoms with Crippen LogP contribution in [0, 0.1) is 0 Å². The van der Waals surface area contributed by atoms with Crippen LogP contribution in [-0.2, 0) is 24.8 Å². The Morgan fingerprint density at radius 2 is 1.63 bits per heavy atom. The van der Waals surface area contributed by atoms with E-state index in [1.807, 2.05) is 0 Å². The molecule has 1 atom stereocenters. The quantitative estimate of drug-likeness (QED) is 0.461. The van der Waals surface area contributed by atoms with Crippen LogP contribution in [0.5, 0.6) is 5.75 Å². The minimum atomic E-state index is -3.73. The summed E-state index contributed by atoms with van der Waals surface area (Å²) in [5.74, 6) is -0.0271. The molecule has 1 aliphatic rings. The van der Waals surface area contributed by atoms with E-state index in [1.165, 1.54) is 35.5 Å². The molecule has 1 heterocycles.